The zero-order valence-corrected chi connectivity index (χ0v) is 10.9. The zero-order chi connectivity index (χ0) is 13.3. The van der Waals surface area contributed by atoms with E-state index >= 15 is 0 Å². The van der Waals surface area contributed by atoms with Gasteiger partial charge in [0, 0.05) is 24.6 Å². The highest BCUT2D eigenvalue weighted by molar-refractivity contribution is 5.94. The molecule has 1 aromatic rings. The first-order valence-corrected chi connectivity index (χ1v) is 6.58. The van der Waals surface area contributed by atoms with Crippen LogP contribution >= 0.6 is 0 Å². The van der Waals surface area contributed by atoms with Gasteiger partial charge in [-0.05, 0) is 31.5 Å². The van der Waals surface area contributed by atoms with Gasteiger partial charge in [0.2, 0.25) is 0 Å². The standard InChI is InChI=1S/C16H18N2O/c19-16(7-6-14-4-2-1-3-5-14)18-13-10-15-8-11-17-12-9-15/h1-5,8,17H,9-13H2,(H,18,19). The lowest BCUT2D eigenvalue weighted by Gasteiger charge is -2.13. The molecular formula is C16H18N2O. The molecule has 0 saturated heterocycles. The van der Waals surface area contributed by atoms with Crippen LogP contribution in [0.1, 0.15) is 18.4 Å². The Morgan fingerprint density at radius 1 is 1.32 bits per heavy atom. The summed E-state index contributed by atoms with van der Waals surface area (Å²) in [6, 6.07) is 9.52. The summed E-state index contributed by atoms with van der Waals surface area (Å²) >= 11 is 0. The average Bonchev–Trinajstić information content (AvgIpc) is 2.47. The fourth-order valence-corrected chi connectivity index (χ4v) is 1.93. The third kappa shape index (κ3) is 4.99. The van der Waals surface area contributed by atoms with E-state index < -0.39 is 0 Å². The molecule has 98 valence electrons. The van der Waals surface area contributed by atoms with E-state index in [0.29, 0.717) is 6.54 Å². The molecule has 2 rings (SSSR count). The van der Waals surface area contributed by atoms with Crippen molar-refractivity contribution in [2.45, 2.75) is 12.8 Å². The van der Waals surface area contributed by atoms with E-state index in [0.717, 1.165) is 31.5 Å². The summed E-state index contributed by atoms with van der Waals surface area (Å²) in [6.07, 6.45) is 4.19. The van der Waals surface area contributed by atoms with Gasteiger partial charge < -0.3 is 10.6 Å². The Hall–Kier alpha value is -2.05. The first-order chi connectivity index (χ1) is 9.34. The summed E-state index contributed by atoms with van der Waals surface area (Å²) < 4.78 is 0. The first-order valence-electron chi connectivity index (χ1n) is 6.58. The number of benzene rings is 1. The fourth-order valence-electron chi connectivity index (χ4n) is 1.93. The van der Waals surface area contributed by atoms with Crippen LogP contribution in [0.3, 0.4) is 0 Å². The lowest BCUT2D eigenvalue weighted by atomic mass is 10.1. The second-order valence-corrected chi connectivity index (χ2v) is 4.44. The summed E-state index contributed by atoms with van der Waals surface area (Å²) in [5, 5.41) is 6.09. The highest BCUT2D eigenvalue weighted by Gasteiger charge is 2.03. The molecule has 0 aromatic heterocycles. The predicted molar refractivity (Wildman–Crippen MR) is 76.5 cm³/mol. The van der Waals surface area contributed by atoms with Gasteiger partial charge in [0.15, 0.2) is 0 Å². The van der Waals surface area contributed by atoms with Crippen molar-refractivity contribution in [3.8, 4) is 11.8 Å². The number of rotatable bonds is 3. The normalized spacial score (nSPS) is 14.0. The highest BCUT2D eigenvalue weighted by Crippen LogP contribution is 2.07. The summed E-state index contributed by atoms with van der Waals surface area (Å²) in [5.41, 5.74) is 2.27. The Bertz CT molecular complexity index is 509. The quantitative estimate of drug-likeness (QED) is 0.633. The van der Waals surface area contributed by atoms with Crippen molar-refractivity contribution in [2.75, 3.05) is 19.6 Å². The van der Waals surface area contributed by atoms with Crippen LogP contribution in [0, 0.1) is 11.8 Å². The lowest BCUT2D eigenvalue weighted by Crippen LogP contribution is -2.25. The Kier molecular flexibility index (Phi) is 5.21. The fraction of sp³-hybridized carbons (Fsp3) is 0.312. The Morgan fingerprint density at radius 2 is 2.16 bits per heavy atom. The van der Waals surface area contributed by atoms with E-state index in [1.165, 1.54) is 5.57 Å². The molecule has 1 heterocycles. The predicted octanol–water partition coefficient (Wildman–Crippen LogP) is 1.46. The van der Waals surface area contributed by atoms with Gasteiger partial charge in [-0.2, -0.15) is 0 Å². The maximum Gasteiger partial charge on any atom is 0.296 e. The Labute approximate surface area is 114 Å². The molecule has 0 bridgehead atoms. The van der Waals surface area contributed by atoms with Crippen LogP contribution in [0.5, 0.6) is 0 Å². The summed E-state index contributed by atoms with van der Waals surface area (Å²) in [7, 11) is 0. The van der Waals surface area contributed by atoms with Gasteiger partial charge in [-0.3, -0.25) is 4.79 Å². The molecule has 1 aliphatic rings. The maximum absolute atomic E-state index is 11.5. The van der Waals surface area contributed by atoms with Gasteiger partial charge in [-0.15, -0.1) is 0 Å². The topological polar surface area (TPSA) is 41.1 Å². The molecule has 1 aliphatic heterocycles. The number of carbonyl (C=O) groups is 1. The summed E-state index contributed by atoms with van der Waals surface area (Å²) in [6.45, 7) is 2.64. The Morgan fingerprint density at radius 3 is 2.89 bits per heavy atom. The van der Waals surface area contributed by atoms with Gasteiger partial charge >= 0.3 is 0 Å². The SMILES string of the molecule is O=C(C#Cc1ccccc1)NCCC1=CCNCC1. The Balaban J connectivity index is 1.73. The van der Waals surface area contributed by atoms with Crippen molar-refractivity contribution >= 4 is 5.91 Å². The first kappa shape index (κ1) is 13.4. The highest BCUT2D eigenvalue weighted by atomic mass is 16.1. The van der Waals surface area contributed by atoms with Crippen LogP contribution in [0.25, 0.3) is 0 Å². The van der Waals surface area contributed by atoms with Crippen LogP contribution < -0.4 is 10.6 Å². The molecule has 1 aromatic carbocycles. The van der Waals surface area contributed by atoms with Crippen molar-refractivity contribution in [1.29, 1.82) is 0 Å². The molecule has 0 aliphatic carbocycles. The van der Waals surface area contributed by atoms with E-state index in [-0.39, 0.29) is 5.91 Å². The second kappa shape index (κ2) is 7.40. The number of nitrogens with one attached hydrogen (secondary N) is 2. The number of hydrogen-bond donors (Lipinski definition) is 2. The van der Waals surface area contributed by atoms with Gasteiger partial charge in [0.25, 0.3) is 5.91 Å². The maximum atomic E-state index is 11.5. The van der Waals surface area contributed by atoms with E-state index in [1.807, 2.05) is 30.3 Å². The van der Waals surface area contributed by atoms with Crippen LogP contribution in [-0.4, -0.2) is 25.5 Å². The zero-order valence-electron chi connectivity index (χ0n) is 10.9. The van der Waals surface area contributed by atoms with Gasteiger partial charge in [-0.1, -0.05) is 35.8 Å². The van der Waals surface area contributed by atoms with Crippen molar-refractivity contribution in [1.82, 2.24) is 10.6 Å². The van der Waals surface area contributed by atoms with E-state index in [9.17, 15) is 4.79 Å². The molecule has 0 saturated carbocycles. The molecule has 0 fully saturated rings. The van der Waals surface area contributed by atoms with Crippen molar-refractivity contribution in [3.63, 3.8) is 0 Å². The minimum atomic E-state index is -0.210. The van der Waals surface area contributed by atoms with E-state index in [1.54, 1.807) is 0 Å². The third-order valence-corrected chi connectivity index (χ3v) is 2.98. The minimum Gasteiger partial charge on any atom is -0.345 e. The number of hydrogen-bond acceptors (Lipinski definition) is 2. The molecule has 0 radical (unpaired) electrons. The van der Waals surface area contributed by atoms with Gasteiger partial charge in [0.1, 0.15) is 0 Å². The molecule has 19 heavy (non-hydrogen) atoms. The number of amides is 1. The summed E-state index contributed by atoms with van der Waals surface area (Å²) in [5.74, 6) is 5.24. The van der Waals surface area contributed by atoms with Crippen LogP contribution in [0.15, 0.2) is 42.0 Å². The molecular weight excluding hydrogens is 236 g/mol. The summed E-state index contributed by atoms with van der Waals surface area (Å²) in [4.78, 5) is 11.5. The smallest absolute Gasteiger partial charge is 0.296 e. The number of carbonyl (C=O) groups excluding carboxylic acids is 1. The molecule has 0 atom stereocenters. The molecule has 2 N–H and O–H groups in total. The van der Waals surface area contributed by atoms with Gasteiger partial charge in [0.05, 0.1) is 0 Å². The largest absolute Gasteiger partial charge is 0.345 e. The van der Waals surface area contributed by atoms with Crippen molar-refractivity contribution in [3.05, 3.63) is 47.5 Å². The van der Waals surface area contributed by atoms with Crippen LogP contribution in [0.4, 0.5) is 0 Å². The van der Waals surface area contributed by atoms with E-state index in [4.69, 9.17) is 0 Å². The molecule has 0 unspecified atom stereocenters. The lowest BCUT2D eigenvalue weighted by molar-refractivity contribution is -0.115. The second-order valence-electron chi connectivity index (χ2n) is 4.44. The minimum absolute atomic E-state index is 0.210. The molecule has 3 heteroatoms. The van der Waals surface area contributed by atoms with Gasteiger partial charge in [-0.25, -0.2) is 0 Å². The van der Waals surface area contributed by atoms with E-state index in [2.05, 4.69) is 28.6 Å². The molecule has 0 spiro atoms. The monoisotopic (exact) mass is 254 g/mol. The third-order valence-electron chi connectivity index (χ3n) is 2.98. The van der Waals surface area contributed by atoms with Crippen molar-refractivity contribution in [2.24, 2.45) is 0 Å². The molecule has 3 nitrogen and oxygen atoms in total. The van der Waals surface area contributed by atoms with Crippen molar-refractivity contribution < 1.29 is 4.79 Å². The van der Waals surface area contributed by atoms with Crippen LogP contribution in [-0.2, 0) is 4.79 Å². The average molecular weight is 254 g/mol. The molecule has 1 amide bonds. The van der Waals surface area contributed by atoms with Crippen LogP contribution in [0.2, 0.25) is 0 Å².